The van der Waals surface area contributed by atoms with Crippen molar-refractivity contribution in [3.8, 4) is 11.5 Å². The van der Waals surface area contributed by atoms with Crippen LogP contribution in [0.3, 0.4) is 0 Å². The maximum atomic E-state index is 11.3. The third kappa shape index (κ3) is 3.82. The smallest absolute Gasteiger partial charge is 0.314 e. The molecule has 0 atom stereocenters. The van der Waals surface area contributed by atoms with E-state index in [0.717, 1.165) is 13.0 Å². The number of benzene rings is 1. The van der Waals surface area contributed by atoms with E-state index >= 15 is 0 Å². The number of ether oxygens (including phenoxy) is 2. The minimum atomic E-state index is -0.533. The second-order valence-corrected chi connectivity index (χ2v) is 4.51. The van der Waals surface area contributed by atoms with E-state index in [1.54, 1.807) is 0 Å². The summed E-state index contributed by atoms with van der Waals surface area (Å²) in [5.74, 6) is 0.0903. The van der Waals surface area contributed by atoms with E-state index in [0.29, 0.717) is 18.8 Å². The summed E-state index contributed by atoms with van der Waals surface area (Å²) >= 11 is 0. The number of carbonyl (C=O) groups is 1. The molecule has 114 valence electrons. The van der Waals surface area contributed by atoms with E-state index in [-0.39, 0.29) is 29.7 Å². The van der Waals surface area contributed by atoms with Crippen molar-refractivity contribution in [2.75, 3.05) is 31.6 Å². The van der Waals surface area contributed by atoms with Crippen LogP contribution in [0.5, 0.6) is 11.5 Å². The molecule has 1 aliphatic rings. The second kappa shape index (κ2) is 6.89. The summed E-state index contributed by atoms with van der Waals surface area (Å²) in [6.07, 6.45) is 1.00. The zero-order chi connectivity index (χ0) is 15.2. The van der Waals surface area contributed by atoms with Gasteiger partial charge in [0, 0.05) is 12.6 Å². The molecule has 0 saturated heterocycles. The van der Waals surface area contributed by atoms with Crippen LogP contribution >= 0.6 is 0 Å². The molecule has 8 heteroatoms. The molecule has 21 heavy (non-hydrogen) atoms. The Balaban J connectivity index is 2.12. The monoisotopic (exact) mass is 295 g/mol. The Labute approximate surface area is 121 Å². The van der Waals surface area contributed by atoms with Crippen molar-refractivity contribution < 1.29 is 19.2 Å². The Bertz CT molecular complexity index is 547. The fourth-order valence-corrected chi connectivity index (χ4v) is 1.89. The maximum absolute atomic E-state index is 11.3. The molecule has 1 aromatic carbocycles. The van der Waals surface area contributed by atoms with E-state index < -0.39 is 4.92 Å². The number of carbonyl (C=O) groups excluding carboxylic acids is 1. The van der Waals surface area contributed by atoms with Gasteiger partial charge in [0.1, 0.15) is 6.61 Å². The molecule has 1 aliphatic heterocycles. The summed E-state index contributed by atoms with van der Waals surface area (Å²) in [6.45, 7) is 3.65. The van der Waals surface area contributed by atoms with Gasteiger partial charge in [-0.3, -0.25) is 14.9 Å². The summed E-state index contributed by atoms with van der Waals surface area (Å²) in [5, 5.41) is 16.8. The van der Waals surface area contributed by atoms with Crippen molar-refractivity contribution in [3.05, 3.63) is 22.2 Å². The lowest BCUT2D eigenvalue weighted by Crippen LogP contribution is -2.25. The average molecular weight is 295 g/mol. The highest BCUT2D eigenvalue weighted by Crippen LogP contribution is 2.39. The Hall–Kier alpha value is -2.35. The fourth-order valence-electron chi connectivity index (χ4n) is 1.89. The topological polar surface area (TPSA) is 103 Å². The van der Waals surface area contributed by atoms with Gasteiger partial charge in [-0.1, -0.05) is 6.92 Å². The minimum absolute atomic E-state index is 0.114. The van der Waals surface area contributed by atoms with Crippen LogP contribution in [0.2, 0.25) is 0 Å². The molecule has 0 radical (unpaired) electrons. The standard InChI is InChI=1S/C13H17N3O5/c1-2-3-14-4-5-20-12-6-9-11(7-10(12)16(18)19)21-8-13(17)15-9/h6-7,14H,2-5,8H2,1H3,(H,15,17). The molecule has 0 fully saturated rings. The number of nitrogens with zero attached hydrogens (tertiary/aromatic N) is 1. The number of nitro benzene ring substituents is 1. The molecular formula is C13H17N3O5. The summed E-state index contributed by atoms with van der Waals surface area (Å²) in [4.78, 5) is 21.8. The second-order valence-electron chi connectivity index (χ2n) is 4.51. The van der Waals surface area contributed by atoms with Crippen LogP contribution in [0.15, 0.2) is 12.1 Å². The number of hydrogen-bond donors (Lipinski definition) is 2. The van der Waals surface area contributed by atoms with Crippen molar-refractivity contribution in [2.24, 2.45) is 0 Å². The molecule has 2 rings (SSSR count). The normalized spacial score (nSPS) is 13.1. The minimum Gasteiger partial charge on any atom is -0.485 e. The van der Waals surface area contributed by atoms with Gasteiger partial charge < -0.3 is 20.1 Å². The quantitative estimate of drug-likeness (QED) is 0.446. The van der Waals surface area contributed by atoms with Crippen LogP contribution in [0, 0.1) is 10.1 Å². The van der Waals surface area contributed by atoms with Crippen LogP contribution < -0.4 is 20.1 Å². The van der Waals surface area contributed by atoms with Gasteiger partial charge in [-0.05, 0) is 13.0 Å². The maximum Gasteiger partial charge on any atom is 0.314 e. The van der Waals surface area contributed by atoms with Crippen molar-refractivity contribution >= 4 is 17.3 Å². The highest BCUT2D eigenvalue weighted by atomic mass is 16.6. The first-order valence-electron chi connectivity index (χ1n) is 6.70. The highest BCUT2D eigenvalue weighted by Gasteiger charge is 2.24. The van der Waals surface area contributed by atoms with Gasteiger partial charge in [-0.2, -0.15) is 0 Å². The van der Waals surface area contributed by atoms with Gasteiger partial charge in [0.2, 0.25) is 0 Å². The Kier molecular flexibility index (Phi) is 4.94. The number of hydrogen-bond acceptors (Lipinski definition) is 6. The molecule has 1 heterocycles. The molecule has 0 aliphatic carbocycles. The van der Waals surface area contributed by atoms with Gasteiger partial charge in [0.15, 0.2) is 18.1 Å². The van der Waals surface area contributed by atoms with Crippen molar-refractivity contribution in [1.29, 1.82) is 0 Å². The highest BCUT2D eigenvalue weighted by molar-refractivity contribution is 5.96. The van der Waals surface area contributed by atoms with E-state index in [1.807, 2.05) is 6.92 Å². The molecule has 0 saturated carbocycles. The lowest BCUT2D eigenvalue weighted by Gasteiger charge is -2.18. The van der Waals surface area contributed by atoms with Crippen molar-refractivity contribution in [1.82, 2.24) is 5.32 Å². The Morgan fingerprint density at radius 3 is 3.00 bits per heavy atom. The molecule has 1 amide bonds. The first kappa shape index (κ1) is 15.0. The number of fused-ring (bicyclic) bond motifs is 1. The van der Waals surface area contributed by atoms with Gasteiger partial charge in [-0.15, -0.1) is 0 Å². The summed E-state index contributed by atoms with van der Waals surface area (Å²) in [7, 11) is 0. The van der Waals surface area contributed by atoms with Gasteiger partial charge in [0.25, 0.3) is 5.91 Å². The lowest BCUT2D eigenvalue weighted by molar-refractivity contribution is -0.385. The Morgan fingerprint density at radius 1 is 1.48 bits per heavy atom. The summed E-state index contributed by atoms with van der Waals surface area (Å²) in [5.41, 5.74) is 0.203. The van der Waals surface area contributed by atoms with Crippen molar-refractivity contribution in [2.45, 2.75) is 13.3 Å². The Morgan fingerprint density at radius 2 is 2.29 bits per heavy atom. The van der Waals surface area contributed by atoms with E-state index in [9.17, 15) is 14.9 Å². The molecule has 2 N–H and O–H groups in total. The van der Waals surface area contributed by atoms with Gasteiger partial charge in [-0.25, -0.2) is 0 Å². The van der Waals surface area contributed by atoms with Crippen LogP contribution in [0.1, 0.15) is 13.3 Å². The number of rotatable bonds is 7. The van der Waals surface area contributed by atoms with E-state index in [1.165, 1.54) is 12.1 Å². The first-order valence-corrected chi connectivity index (χ1v) is 6.70. The van der Waals surface area contributed by atoms with Crippen molar-refractivity contribution in [3.63, 3.8) is 0 Å². The average Bonchev–Trinajstić information content (AvgIpc) is 2.46. The predicted octanol–water partition coefficient (Wildman–Crippen LogP) is 1.30. The molecule has 0 spiro atoms. The number of amides is 1. The third-order valence-electron chi connectivity index (χ3n) is 2.85. The van der Waals surface area contributed by atoms with Gasteiger partial charge >= 0.3 is 5.69 Å². The largest absolute Gasteiger partial charge is 0.485 e. The van der Waals surface area contributed by atoms with Crippen LogP contribution in [0.4, 0.5) is 11.4 Å². The fraction of sp³-hybridized carbons (Fsp3) is 0.462. The SMILES string of the molecule is CCCNCCOc1cc2c(cc1[N+](=O)[O-])OCC(=O)N2. The number of anilines is 1. The van der Waals surface area contributed by atoms with Crippen LogP contribution in [-0.4, -0.2) is 37.1 Å². The van der Waals surface area contributed by atoms with Crippen LogP contribution in [0.25, 0.3) is 0 Å². The lowest BCUT2D eigenvalue weighted by atomic mass is 10.2. The molecular weight excluding hydrogens is 278 g/mol. The molecule has 0 bridgehead atoms. The molecule has 0 aromatic heterocycles. The van der Waals surface area contributed by atoms with Gasteiger partial charge in [0.05, 0.1) is 16.7 Å². The number of nitrogens with one attached hydrogen (secondary N) is 2. The van der Waals surface area contributed by atoms with E-state index in [2.05, 4.69) is 10.6 Å². The zero-order valence-corrected chi connectivity index (χ0v) is 11.7. The number of nitro groups is 1. The predicted molar refractivity (Wildman–Crippen MR) is 75.9 cm³/mol. The summed E-state index contributed by atoms with van der Waals surface area (Å²) in [6, 6.07) is 2.69. The molecule has 8 nitrogen and oxygen atoms in total. The summed E-state index contributed by atoms with van der Waals surface area (Å²) < 4.78 is 10.6. The zero-order valence-electron chi connectivity index (χ0n) is 11.7. The van der Waals surface area contributed by atoms with E-state index in [4.69, 9.17) is 9.47 Å². The first-order chi connectivity index (χ1) is 10.1. The molecule has 0 unspecified atom stereocenters. The van der Waals surface area contributed by atoms with Crippen LogP contribution in [-0.2, 0) is 4.79 Å². The molecule has 1 aromatic rings. The third-order valence-corrected chi connectivity index (χ3v) is 2.85.